The number of aliphatic hydroxyl groups is 1. The van der Waals surface area contributed by atoms with Crippen molar-refractivity contribution in [3.8, 4) is 0 Å². The molecule has 0 atom stereocenters. The van der Waals surface area contributed by atoms with Gasteiger partial charge in [-0.3, -0.25) is 4.79 Å². The van der Waals surface area contributed by atoms with Gasteiger partial charge in [0, 0.05) is 27.9 Å². The Bertz CT molecular complexity index is 958. The highest BCUT2D eigenvalue weighted by Crippen LogP contribution is 2.31. The second-order valence-electron chi connectivity index (χ2n) is 6.39. The molecule has 0 spiro atoms. The van der Waals surface area contributed by atoms with E-state index in [9.17, 15) is 14.4 Å². The summed E-state index contributed by atoms with van der Waals surface area (Å²) in [6, 6.07) is 5.42. The van der Waals surface area contributed by atoms with Gasteiger partial charge in [-0.2, -0.15) is 0 Å². The van der Waals surface area contributed by atoms with E-state index in [1.807, 2.05) is 37.3 Å². The van der Waals surface area contributed by atoms with Crippen LogP contribution < -0.4 is 0 Å². The van der Waals surface area contributed by atoms with E-state index in [1.54, 1.807) is 12.1 Å². The fourth-order valence-corrected chi connectivity index (χ4v) is 3.46. The fraction of sp³-hybridized carbons (Fsp3) is 0.273. The molecule has 0 unspecified atom stereocenters. The fourth-order valence-electron chi connectivity index (χ4n) is 2.52. The lowest BCUT2D eigenvalue weighted by atomic mass is 10.0. The van der Waals surface area contributed by atoms with Gasteiger partial charge in [0.25, 0.3) is 0 Å². The molecule has 8 heteroatoms. The quantitative estimate of drug-likeness (QED) is 0.222. The monoisotopic (exact) mass is 429 g/mol. The van der Waals surface area contributed by atoms with Crippen LogP contribution in [-0.2, 0) is 19.2 Å². The van der Waals surface area contributed by atoms with Crippen LogP contribution in [0.25, 0.3) is 0 Å². The third-order valence-corrected chi connectivity index (χ3v) is 4.97. The first-order valence-corrected chi connectivity index (χ1v) is 10.0. The minimum Gasteiger partial charge on any atom is -0.460 e. The first-order chi connectivity index (χ1) is 14.3. The number of aliphatic hydroxyl groups excluding tert-OH is 1. The molecule has 0 saturated heterocycles. The summed E-state index contributed by atoms with van der Waals surface area (Å²) in [5.74, 6) is -1.34. The number of nitrogens with zero attached hydrogens (tertiary/aromatic N) is 1. The van der Waals surface area contributed by atoms with E-state index in [0.717, 1.165) is 15.4 Å². The number of benzene rings is 1. The number of hydrogen-bond donors (Lipinski definition) is 1. The maximum absolute atomic E-state index is 12.5. The van der Waals surface area contributed by atoms with Crippen molar-refractivity contribution in [2.45, 2.75) is 32.1 Å². The van der Waals surface area contributed by atoms with Gasteiger partial charge in [0.2, 0.25) is 5.78 Å². The molecule has 0 bridgehead atoms. The zero-order valence-electron chi connectivity index (χ0n) is 17.0. The van der Waals surface area contributed by atoms with Crippen molar-refractivity contribution in [3.63, 3.8) is 0 Å². The van der Waals surface area contributed by atoms with Gasteiger partial charge >= 0.3 is 11.9 Å². The first-order valence-electron chi connectivity index (χ1n) is 9.22. The van der Waals surface area contributed by atoms with Gasteiger partial charge in [-0.25, -0.2) is 9.59 Å². The van der Waals surface area contributed by atoms with Gasteiger partial charge in [0.15, 0.2) is 0 Å². The van der Waals surface area contributed by atoms with Gasteiger partial charge in [0.1, 0.15) is 12.3 Å². The number of aryl methyl sites for hydroxylation is 1. The number of carbonyl (C=O) groups excluding carboxylic acids is 3. The van der Waals surface area contributed by atoms with Crippen molar-refractivity contribution in [1.29, 1.82) is 0 Å². The number of oxime groups is 1. The van der Waals surface area contributed by atoms with Crippen molar-refractivity contribution in [3.05, 3.63) is 64.1 Å². The number of Topliss-reactive ketones (excluding diaryl/α,β-unsaturated/α-hetero) is 1. The summed E-state index contributed by atoms with van der Waals surface area (Å²) in [4.78, 5) is 41.6. The summed E-state index contributed by atoms with van der Waals surface area (Å²) in [7, 11) is 0. The molecule has 0 heterocycles. The molecular formula is C22H23NO6S. The minimum absolute atomic E-state index is 0.0272. The summed E-state index contributed by atoms with van der Waals surface area (Å²) >= 11 is 1.49. The zero-order valence-corrected chi connectivity index (χ0v) is 17.8. The number of carbonyl (C=O) groups is 3. The molecule has 1 aromatic rings. The van der Waals surface area contributed by atoms with Gasteiger partial charge in [-0.1, -0.05) is 35.1 Å². The maximum Gasteiger partial charge on any atom is 0.334 e. The molecule has 0 radical (unpaired) electrons. The molecule has 2 rings (SSSR count). The molecule has 1 aliphatic carbocycles. The average Bonchev–Trinajstić information content (AvgIpc) is 2.95. The molecule has 1 N–H and O–H groups in total. The molecule has 0 amide bonds. The second kappa shape index (κ2) is 11.3. The van der Waals surface area contributed by atoms with Crippen LogP contribution in [0.4, 0.5) is 0 Å². The van der Waals surface area contributed by atoms with Crippen LogP contribution in [0.3, 0.4) is 0 Å². The van der Waals surface area contributed by atoms with Crippen LogP contribution in [0, 0.1) is 6.92 Å². The summed E-state index contributed by atoms with van der Waals surface area (Å²) in [5, 5.41) is 12.3. The summed E-state index contributed by atoms with van der Waals surface area (Å²) < 4.78 is 4.94. The largest absolute Gasteiger partial charge is 0.460 e. The molecule has 0 saturated carbocycles. The number of ether oxygens (including phenoxy) is 1. The Hall–Kier alpha value is -2.97. The van der Waals surface area contributed by atoms with Crippen LogP contribution in [0.2, 0.25) is 0 Å². The third kappa shape index (κ3) is 6.82. The molecular weight excluding hydrogens is 406 g/mol. The molecule has 158 valence electrons. The zero-order chi connectivity index (χ0) is 22.1. The number of hydrogen-bond acceptors (Lipinski definition) is 8. The van der Waals surface area contributed by atoms with Crippen molar-refractivity contribution < 1.29 is 29.1 Å². The molecule has 30 heavy (non-hydrogen) atoms. The number of esters is 1. The normalized spacial score (nSPS) is 13.8. The SMILES string of the molecule is CC(=O)O/N=C(\C)C(=O)c1ccc(SC2=CC=C(C(=O)OCCO)CC=C2)cc1C. The van der Waals surface area contributed by atoms with Crippen molar-refractivity contribution >= 4 is 35.2 Å². The second-order valence-corrected chi connectivity index (χ2v) is 7.54. The Morgan fingerprint density at radius 3 is 2.63 bits per heavy atom. The maximum atomic E-state index is 12.5. The Labute approximate surface area is 179 Å². The lowest BCUT2D eigenvalue weighted by Crippen LogP contribution is -2.13. The number of thioether (sulfide) groups is 1. The van der Waals surface area contributed by atoms with Crippen molar-refractivity contribution in [2.24, 2.45) is 5.16 Å². The van der Waals surface area contributed by atoms with Crippen molar-refractivity contribution in [1.82, 2.24) is 0 Å². The van der Waals surface area contributed by atoms with Gasteiger partial charge < -0.3 is 14.7 Å². The highest BCUT2D eigenvalue weighted by Gasteiger charge is 2.15. The molecule has 0 aliphatic heterocycles. The lowest BCUT2D eigenvalue weighted by Gasteiger charge is -2.08. The van der Waals surface area contributed by atoms with Gasteiger partial charge in [-0.05, 0) is 50.1 Å². The molecule has 7 nitrogen and oxygen atoms in total. The van der Waals surface area contributed by atoms with Crippen LogP contribution in [0.1, 0.15) is 36.2 Å². The van der Waals surface area contributed by atoms with Crippen LogP contribution in [0.15, 0.2) is 63.0 Å². The predicted octanol–water partition coefficient (Wildman–Crippen LogP) is 3.51. The molecule has 0 fully saturated rings. The number of allylic oxidation sites excluding steroid dienone is 4. The van der Waals surface area contributed by atoms with Crippen LogP contribution in [0.5, 0.6) is 0 Å². The minimum atomic E-state index is -0.589. The van der Waals surface area contributed by atoms with Crippen LogP contribution in [-0.4, -0.2) is 41.8 Å². The van der Waals surface area contributed by atoms with E-state index in [4.69, 9.17) is 9.84 Å². The highest BCUT2D eigenvalue weighted by atomic mass is 32.2. The average molecular weight is 429 g/mol. The van der Waals surface area contributed by atoms with E-state index in [-0.39, 0.29) is 24.7 Å². The Morgan fingerprint density at radius 1 is 1.20 bits per heavy atom. The third-order valence-electron chi connectivity index (χ3n) is 3.97. The van der Waals surface area contributed by atoms with E-state index in [2.05, 4.69) is 9.99 Å². The number of ketones is 1. The highest BCUT2D eigenvalue weighted by molar-refractivity contribution is 8.03. The first kappa shape index (κ1) is 23.3. The molecule has 0 aromatic heterocycles. The van der Waals surface area contributed by atoms with E-state index < -0.39 is 11.9 Å². The molecule has 1 aromatic carbocycles. The van der Waals surface area contributed by atoms with E-state index >= 15 is 0 Å². The van der Waals surface area contributed by atoms with Crippen molar-refractivity contribution in [2.75, 3.05) is 13.2 Å². The summed E-state index contributed by atoms with van der Waals surface area (Å²) in [6.07, 6.45) is 7.77. The predicted molar refractivity (Wildman–Crippen MR) is 114 cm³/mol. The topological polar surface area (TPSA) is 102 Å². The van der Waals surface area contributed by atoms with Gasteiger partial charge in [0.05, 0.1) is 6.61 Å². The summed E-state index contributed by atoms with van der Waals surface area (Å²) in [6.45, 7) is 4.29. The van der Waals surface area contributed by atoms with Crippen LogP contribution >= 0.6 is 11.8 Å². The Balaban J connectivity index is 2.12. The standard InChI is InChI=1S/C22H23NO6S/c1-14-13-19(9-10-20(14)21(26)15(2)23-29-16(3)25)30-18-6-4-5-17(7-8-18)22(27)28-12-11-24/h4,6-10,13,24H,5,11-12H2,1-3H3/b23-15+. The number of rotatable bonds is 8. The summed E-state index contributed by atoms with van der Waals surface area (Å²) in [5.41, 5.74) is 1.85. The van der Waals surface area contributed by atoms with E-state index in [0.29, 0.717) is 17.6 Å². The van der Waals surface area contributed by atoms with E-state index in [1.165, 1.54) is 25.6 Å². The Morgan fingerprint density at radius 2 is 1.97 bits per heavy atom. The Kier molecular flexibility index (Phi) is 8.76. The van der Waals surface area contributed by atoms with Gasteiger partial charge in [-0.15, -0.1) is 0 Å². The molecule has 1 aliphatic rings. The lowest BCUT2D eigenvalue weighted by molar-refractivity contribution is -0.141. The smallest absolute Gasteiger partial charge is 0.334 e.